The van der Waals surface area contributed by atoms with Gasteiger partial charge in [0.1, 0.15) is 0 Å². The minimum absolute atomic E-state index is 0.150. The van der Waals surface area contributed by atoms with Gasteiger partial charge in [-0.05, 0) is 31.6 Å². The van der Waals surface area contributed by atoms with Crippen molar-refractivity contribution in [2.75, 3.05) is 20.2 Å². The number of carbonyl (C=O) groups is 1. The van der Waals surface area contributed by atoms with E-state index in [1.165, 1.54) is 0 Å². The summed E-state index contributed by atoms with van der Waals surface area (Å²) in [6.45, 7) is 3.79. The van der Waals surface area contributed by atoms with E-state index in [0.29, 0.717) is 11.8 Å². The first kappa shape index (κ1) is 12.8. The Morgan fingerprint density at radius 3 is 2.71 bits per heavy atom. The van der Waals surface area contributed by atoms with Crippen molar-refractivity contribution in [3.63, 3.8) is 0 Å². The summed E-state index contributed by atoms with van der Waals surface area (Å²) < 4.78 is 5.30. The Balaban J connectivity index is 1.88. The van der Waals surface area contributed by atoms with Crippen molar-refractivity contribution in [1.82, 2.24) is 4.90 Å². The Hall–Kier alpha value is -0.610. The number of likely N-dealkylation sites (tertiary alicyclic amines) is 1. The number of nitrogens with two attached hydrogens (primary N) is 1. The first-order valence-corrected chi connectivity index (χ1v) is 6.69. The molecule has 4 unspecified atom stereocenters. The van der Waals surface area contributed by atoms with Gasteiger partial charge in [-0.2, -0.15) is 0 Å². The standard InChI is InChI=1S/C13H24N2O2/c1-9-3-4-10(7-12(9)14)13(16)15-6-5-11(8-15)17-2/h9-12H,3-8,14H2,1-2H3. The van der Waals surface area contributed by atoms with Crippen LogP contribution in [-0.4, -0.2) is 43.2 Å². The van der Waals surface area contributed by atoms with Crippen molar-refractivity contribution < 1.29 is 9.53 Å². The summed E-state index contributed by atoms with van der Waals surface area (Å²) >= 11 is 0. The van der Waals surface area contributed by atoms with E-state index in [2.05, 4.69) is 6.92 Å². The molecule has 0 aromatic rings. The van der Waals surface area contributed by atoms with Crippen LogP contribution < -0.4 is 5.73 Å². The number of hydrogen-bond donors (Lipinski definition) is 1. The third kappa shape index (κ3) is 2.80. The number of hydrogen-bond acceptors (Lipinski definition) is 3. The Labute approximate surface area is 103 Å². The molecule has 1 saturated heterocycles. The predicted octanol–water partition coefficient (Wildman–Crippen LogP) is 0.997. The second-order valence-corrected chi connectivity index (χ2v) is 5.58. The Bertz CT molecular complexity index is 283. The lowest BCUT2D eigenvalue weighted by atomic mass is 9.79. The van der Waals surface area contributed by atoms with Crippen LogP contribution in [0.15, 0.2) is 0 Å². The maximum atomic E-state index is 12.3. The first-order chi connectivity index (χ1) is 8.11. The average Bonchev–Trinajstić information content (AvgIpc) is 2.80. The summed E-state index contributed by atoms with van der Waals surface area (Å²) in [7, 11) is 1.72. The third-order valence-corrected chi connectivity index (χ3v) is 4.40. The van der Waals surface area contributed by atoms with Crippen LogP contribution in [0.25, 0.3) is 0 Å². The molecule has 0 aromatic carbocycles. The molecule has 1 aliphatic heterocycles. The molecule has 4 nitrogen and oxygen atoms in total. The van der Waals surface area contributed by atoms with Crippen LogP contribution in [0, 0.1) is 11.8 Å². The van der Waals surface area contributed by atoms with Crippen LogP contribution in [0.5, 0.6) is 0 Å². The van der Waals surface area contributed by atoms with Gasteiger partial charge in [0, 0.05) is 32.2 Å². The topological polar surface area (TPSA) is 55.6 Å². The zero-order valence-electron chi connectivity index (χ0n) is 10.9. The number of nitrogens with zero attached hydrogens (tertiary/aromatic N) is 1. The fourth-order valence-electron chi connectivity index (χ4n) is 2.96. The highest BCUT2D eigenvalue weighted by Gasteiger charge is 2.34. The molecule has 0 radical (unpaired) electrons. The summed E-state index contributed by atoms with van der Waals surface area (Å²) in [6.07, 6.45) is 4.14. The quantitative estimate of drug-likeness (QED) is 0.783. The monoisotopic (exact) mass is 240 g/mol. The Kier molecular flexibility index (Phi) is 4.05. The summed E-state index contributed by atoms with van der Waals surface area (Å²) in [4.78, 5) is 14.3. The van der Waals surface area contributed by atoms with Gasteiger partial charge < -0.3 is 15.4 Å². The van der Waals surface area contributed by atoms with Gasteiger partial charge in [-0.15, -0.1) is 0 Å². The van der Waals surface area contributed by atoms with Gasteiger partial charge in [0.2, 0.25) is 5.91 Å². The average molecular weight is 240 g/mol. The first-order valence-electron chi connectivity index (χ1n) is 6.69. The summed E-state index contributed by atoms with van der Waals surface area (Å²) in [5, 5.41) is 0. The summed E-state index contributed by atoms with van der Waals surface area (Å²) in [6, 6.07) is 0.193. The number of ether oxygens (including phenoxy) is 1. The van der Waals surface area contributed by atoms with Gasteiger partial charge in [0.15, 0.2) is 0 Å². The minimum Gasteiger partial charge on any atom is -0.380 e. The highest BCUT2D eigenvalue weighted by Crippen LogP contribution is 2.30. The molecule has 4 heteroatoms. The molecular weight excluding hydrogens is 216 g/mol. The highest BCUT2D eigenvalue weighted by molar-refractivity contribution is 5.79. The van der Waals surface area contributed by atoms with E-state index >= 15 is 0 Å². The number of methoxy groups -OCH3 is 1. The molecule has 1 saturated carbocycles. The van der Waals surface area contributed by atoms with Crippen LogP contribution >= 0.6 is 0 Å². The highest BCUT2D eigenvalue weighted by atomic mass is 16.5. The molecule has 2 aliphatic rings. The maximum absolute atomic E-state index is 12.3. The van der Waals surface area contributed by atoms with Gasteiger partial charge in [-0.1, -0.05) is 6.92 Å². The lowest BCUT2D eigenvalue weighted by Crippen LogP contribution is -2.42. The molecule has 0 spiro atoms. The van der Waals surface area contributed by atoms with Crippen molar-refractivity contribution in [3.8, 4) is 0 Å². The SMILES string of the molecule is COC1CCN(C(=O)C2CCC(C)C(N)C2)C1. The molecule has 1 heterocycles. The van der Waals surface area contributed by atoms with Crippen LogP contribution in [0.4, 0.5) is 0 Å². The van der Waals surface area contributed by atoms with E-state index in [4.69, 9.17) is 10.5 Å². The van der Waals surface area contributed by atoms with Crippen LogP contribution in [0.1, 0.15) is 32.6 Å². The normalized spacial score (nSPS) is 38.4. The summed E-state index contributed by atoms with van der Waals surface area (Å²) in [5.74, 6) is 1.01. The number of amides is 1. The van der Waals surface area contributed by atoms with E-state index in [0.717, 1.165) is 38.8 Å². The van der Waals surface area contributed by atoms with Gasteiger partial charge in [0.25, 0.3) is 0 Å². The molecule has 1 amide bonds. The molecule has 4 atom stereocenters. The van der Waals surface area contributed by atoms with Crippen LogP contribution in [0.2, 0.25) is 0 Å². The van der Waals surface area contributed by atoms with E-state index in [1.54, 1.807) is 7.11 Å². The van der Waals surface area contributed by atoms with Crippen LogP contribution in [-0.2, 0) is 9.53 Å². The van der Waals surface area contributed by atoms with Crippen LogP contribution in [0.3, 0.4) is 0 Å². The van der Waals surface area contributed by atoms with Crippen molar-refractivity contribution in [2.45, 2.75) is 44.8 Å². The fraction of sp³-hybridized carbons (Fsp3) is 0.923. The Morgan fingerprint density at radius 1 is 1.35 bits per heavy atom. The molecular formula is C13H24N2O2. The number of rotatable bonds is 2. The lowest BCUT2D eigenvalue weighted by molar-refractivity contribution is -0.136. The molecule has 0 bridgehead atoms. The molecule has 2 N–H and O–H groups in total. The van der Waals surface area contributed by atoms with E-state index < -0.39 is 0 Å². The largest absolute Gasteiger partial charge is 0.380 e. The maximum Gasteiger partial charge on any atom is 0.225 e. The zero-order valence-corrected chi connectivity index (χ0v) is 10.9. The summed E-state index contributed by atoms with van der Waals surface area (Å²) in [5.41, 5.74) is 6.06. The van der Waals surface area contributed by atoms with Crippen molar-refractivity contribution in [1.29, 1.82) is 0 Å². The predicted molar refractivity (Wildman–Crippen MR) is 66.5 cm³/mol. The zero-order chi connectivity index (χ0) is 12.4. The minimum atomic E-state index is 0.150. The second-order valence-electron chi connectivity index (χ2n) is 5.58. The molecule has 98 valence electrons. The van der Waals surface area contributed by atoms with E-state index in [9.17, 15) is 4.79 Å². The molecule has 1 aliphatic carbocycles. The molecule has 17 heavy (non-hydrogen) atoms. The smallest absolute Gasteiger partial charge is 0.225 e. The van der Waals surface area contributed by atoms with Gasteiger partial charge >= 0.3 is 0 Å². The number of carbonyl (C=O) groups excluding carboxylic acids is 1. The third-order valence-electron chi connectivity index (χ3n) is 4.40. The van der Waals surface area contributed by atoms with Crippen molar-refractivity contribution >= 4 is 5.91 Å². The Morgan fingerprint density at radius 2 is 2.12 bits per heavy atom. The van der Waals surface area contributed by atoms with E-state index in [1.807, 2.05) is 4.90 Å². The van der Waals surface area contributed by atoms with Gasteiger partial charge in [0.05, 0.1) is 6.10 Å². The fourth-order valence-corrected chi connectivity index (χ4v) is 2.96. The van der Waals surface area contributed by atoms with Crippen molar-refractivity contribution in [2.24, 2.45) is 17.6 Å². The van der Waals surface area contributed by atoms with Crippen molar-refractivity contribution in [3.05, 3.63) is 0 Å². The second kappa shape index (κ2) is 5.36. The van der Waals surface area contributed by atoms with Gasteiger partial charge in [-0.25, -0.2) is 0 Å². The lowest BCUT2D eigenvalue weighted by Gasteiger charge is -2.33. The van der Waals surface area contributed by atoms with E-state index in [-0.39, 0.29) is 18.1 Å². The molecule has 2 fully saturated rings. The van der Waals surface area contributed by atoms with Gasteiger partial charge in [-0.3, -0.25) is 4.79 Å². The molecule has 0 aromatic heterocycles. The molecule has 2 rings (SSSR count).